The predicted octanol–water partition coefficient (Wildman–Crippen LogP) is 7.37. The van der Waals surface area contributed by atoms with E-state index in [1.807, 2.05) is 0 Å². The molecule has 0 amide bonds. The molecule has 3 nitrogen and oxygen atoms in total. The Morgan fingerprint density at radius 3 is 1.38 bits per heavy atom. The van der Waals surface area contributed by atoms with Gasteiger partial charge < -0.3 is 10.5 Å². The fraction of sp³-hybridized carbons (Fsp3) is 0.944. The standard InChI is InChI=1S/C18H22F17NO2Si/c1-9(36)10(37)38-6-8-39(2,3)7-4-5-11(19,20)12(21,22)13(23,24)14(25,26)15(27,28)16(29,30)17(31,32)18(33,34)35/h9H,4-8,36H2,1-3H3/t9-/m0/s1. The molecule has 0 bridgehead atoms. The lowest BCUT2D eigenvalue weighted by Gasteiger charge is -2.42. The molecule has 0 aliphatic rings. The van der Waals surface area contributed by atoms with Crippen LogP contribution >= 0.6 is 0 Å². The number of hydrogen-bond acceptors (Lipinski definition) is 3. The maximum absolute atomic E-state index is 14.0. The van der Waals surface area contributed by atoms with Gasteiger partial charge in [-0.05, 0) is 19.4 Å². The highest BCUT2D eigenvalue weighted by molar-refractivity contribution is 6.77. The fourth-order valence-corrected chi connectivity index (χ4v) is 4.87. The highest BCUT2D eigenvalue weighted by Crippen LogP contribution is 2.64. The van der Waals surface area contributed by atoms with Crippen LogP contribution in [0.2, 0.25) is 25.2 Å². The normalized spacial score (nSPS) is 16.3. The van der Waals surface area contributed by atoms with Gasteiger partial charge in [0.15, 0.2) is 0 Å². The predicted molar refractivity (Wildman–Crippen MR) is 102 cm³/mol. The van der Waals surface area contributed by atoms with Crippen LogP contribution in [0.1, 0.15) is 19.8 Å². The molecule has 0 fully saturated rings. The van der Waals surface area contributed by atoms with Crippen LogP contribution in [0.15, 0.2) is 0 Å². The van der Waals surface area contributed by atoms with E-state index >= 15 is 0 Å². The van der Waals surface area contributed by atoms with Crippen LogP contribution in [-0.2, 0) is 9.53 Å². The van der Waals surface area contributed by atoms with Gasteiger partial charge in [0.1, 0.15) is 6.04 Å². The van der Waals surface area contributed by atoms with Crippen LogP contribution in [-0.4, -0.2) is 74.3 Å². The van der Waals surface area contributed by atoms with E-state index in [0.717, 1.165) is 0 Å². The van der Waals surface area contributed by atoms with Gasteiger partial charge >= 0.3 is 53.6 Å². The molecule has 2 N–H and O–H groups in total. The molecule has 1 atom stereocenters. The summed E-state index contributed by atoms with van der Waals surface area (Å²) < 4.78 is 230. The zero-order valence-corrected chi connectivity index (χ0v) is 20.9. The molecule has 0 aromatic carbocycles. The third-order valence-electron chi connectivity index (χ3n) is 5.53. The molecule has 0 aromatic heterocycles. The third kappa shape index (κ3) is 6.69. The number of ether oxygens (including phenoxy) is 1. The van der Waals surface area contributed by atoms with E-state index in [0.29, 0.717) is 0 Å². The molecule has 0 saturated carbocycles. The van der Waals surface area contributed by atoms with Crippen molar-refractivity contribution >= 4 is 14.0 Å². The molecule has 0 heterocycles. The van der Waals surface area contributed by atoms with Gasteiger partial charge in [-0.3, -0.25) is 4.79 Å². The van der Waals surface area contributed by atoms with Crippen molar-refractivity contribution in [2.45, 2.75) is 98.6 Å². The lowest BCUT2D eigenvalue weighted by Crippen LogP contribution is -2.74. The Kier molecular flexibility index (Phi) is 10.6. The second-order valence-electron chi connectivity index (χ2n) is 9.37. The molecule has 234 valence electrons. The van der Waals surface area contributed by atoms with Gasteiger partial charge in [-0.1, -0.05) is 19.1 Å². The van der Waals surface area contributed by atoms with Gasteiger partial charge in [-0.25, -0.2) is 0 Å². The van der Waals surface area contributed by atoms with Crippen LogP contribution in [0.5, 0.6) is 0 Å². The van der Waals surface area contributed by atoms with Gasteiger partial charge in [0, 0.05) is 6.42 Å². The zero-order chi connectivity index (χ0) is 31.9. The molecule has 0 aliphatic carbocycles. The van der Waals surface area contributed by atoms with Crippen molar-refractivity contribution in [2.75, 3.05) is 6.61 Å². The van der Waals surface area contributed by atoms with Gasteiger partial charge in [0.25, 0.3) is 0 Å². The molecule has 39 heavy (non-hydrogen) atoms. The van der Waals surface area contributed by atoms with Gasteiger partial charge in [0.05, 0.1) is 14.7 Å². The third-order valence-corrected chi connectivity index (χ3v) is 8.79. The van der Waals surface area contributed by atoms with Crippen molar-refractivity contribution < 1.29 is 84.2 Å². The molecular weight excluding hydrogens is 613 g/mol. The van der Waals surface area contributed by atoms with Gasteiger partial charge in [0.2, 0.25) is 0 Å². The van der Waals surface area contributed by atoms with E-state index in [-0.39, 0.29) is 12.7 Å². The number of nitrogens with two attached hydrogens (primary N) is 1. The zero-order valence-electron chi connectivity index (χ0n) is 19.9. The molecular formula is C18H22F17NO2Si. The number of esters is 1. The lowest BCUT2D eigenvalue weighted by atomic mass is 9.88. The van der Waals surface area contributed by atoms with Crippen LogP contribution in [0.3, 0.4) is 0 Å². The van der Waals surface area contributed by atoms with Crippen molar-refractivity contribution in [3.8, 4) is 0 Å². The van der Waals surface area contributed by atoms with E-state index < -0.39 is 86.6 Å². The Morgan fingerprint density at radius 1 is 0.667 bits per heavy atom. The highest BCUT2D eigenvalue weighted by Gasteiger charge is 2.95. The molecule has 0 saturated heterocycles. The van der Waals surface area contributed by atoms with E-state index in [2.05, 4.69) is 0 Å². The molecule has 0 unspecified atom stereocenters. The summed E-state index contributed by atoms with van der Waals surface area (Å²) in [7, 11) is -2.78. The first-order valence-electron chi connectivity index (χ1n) is 10.4. The number of rotatable bonds is 14. The smallest absolute Gasteiger partial charge is 0.460 e. The minimum atomic E-state index is -8.63. The van der Waals surface area contributed by atoms with Crippen LogP contribution in [0.4, 0.5) is 74.6 Å². The molecule has 0 rings (SSSR count). The molecule has 21 heteroatoms. The van der Waals surface area contributed by atoms with Crippen LogP contribution in [0, 0.1) is 0 Å². The summed E-state index contributed by atoms with van der Waals surface area (Å²) in [6, 6.07) is -1.58. The fourth-order valence-electron chi connectivity index (χ4n) is 2.83. The van der Waals surface area contributed by atoms with Crippen molar-refractivity contribution in [3.63, 3.8) is 0 Å². The number of alkyl halides is 17. The summed E-state index contributed by atoms with van der Waals surface area (Å²) in [6.07, 6.45) is -11.4. The number of halogens is 17. The average molecular weight is 635 g/mol. The summed E-state index contributed by atoms with van der Waals surface area (Å²) in [4.78, 5) is 11.3. The van der Waals surface area contributed by atoms with Crippen molar-refractivity contribution in [3.05, 3.63) is 0 Å². The molecule has 0 aromatic rings. The van der Waals surface area contributed by atoms with Crippen molar-refractivity contribution in [1.29, 1.82) is 0 Å². The average Bonchev–Trinajstić information content (AvgIpc) is 2.71. The Bertz CT molecular complexity index is 855. The monoisotopic (exact) mass is 635 g/mol. The van der Waals surface area contributed by atoms with E-state index in [9.17, 15) is 79.4 Å². The largest absolute Gasteiger partial charge is 0.465 e. The minimum absolute atomic E-state index is 0.0453. The molecule has 0 aliphatic heterocycles. The van der Waals surface area contributed by atoms with E-state index in [1.54, 1.807) is 0 Å². The Labute approximate surface area is 210 Å². The number of carbonyl (C=O) groups is 1. The maximum atomic E-state index is 14.0. The second-order valence-corrected chi connectivity index (χ2v) is 14.7. The Balaban J connectivity index is 5.95. The number of hydrogen-bond donors (Lipinski definition) is 1. The summed E-state index contributed by atoms with van der Waals surface area (Å²) in [5.41, 5.74) is 5.20. The van der Waals surface area contributed by atoms with E-state index in [1.165, 1.54) is 20.0 Å². The minimum Gasteiger partial charge on any atom is -0.465 e. The SMILES string of the molecule is C[C@H](N)C(=O)OCC[Si](C)(C)CCCC(F)(F)C(F)(F)C(F)(F)C(F)(F)C(F)(F)C(F)(F)C(F)(F)C(F)(F)F. The van der Waals surface area contributed by atoms with Gasteiger partial charge in [-0.2, -0.15) is 74.6 Å². The first-order chi connectivity index (χ1) is 16.8. The molecule has 0 radical (unpaired) electrons. The quantitative estimate of drug-likeness (QED) is 0.123. The second kappa shape index (κ2) is 11.0. The Hall–Kier alpha value is -1.54. The first kappa shape index (κ1) is 37.5. The van der Waals surface area contributed by atoms with E-state index in [4.69, 9.17) is 10.5 Å². The molecule has 0 spiro atoms. The van der Waals surface area contributed by atoms with Crippen LogP contribution < -0.4 is 5.73 Å². The number of carbonyl (C=O) groups excluding carboxylic acids is 1. The van der Waals surface area contributed by atoms with Crippen LogP contribution in [0.25, 0.3) is 0 Å². The maximum Gasteiger partial charge on any atom is 0.460 e. The highest BCUT2D eigenvalue weighted by atomic mass is 28.3. The summed E-state index contributed by atoms with van der Waals surface area (Å²) in [5, 5.41) is 0. The Morgan fingerprint density at radius 2 is 1.03 bits per heavy atom. The summed E-state index contributed by atoms with van der Waals surface area (Å²) in [6.45, 7) is 3.66. The topological polar surface area (TPSA) is 52.3 Å². The van der Waals surface area contributed by atoms with Crippen molar-refractivity contribution in [2.24, 2.45) is 5.73 Å². The summed E-state index contributed by atoms with van der Waals surface area (Å²) in [5.74, 6) is -57.1. The first-order valence-corrected chi connectivity index (χ1v) is 13.8. The lowest BCUT2D eigenvalue weighted by molar-refractivity contribution is -0.461. The van der Waals surface area contributed by atoms with Crippen molar-refractivity contribution in [1.82, 2.24) is 0 Å². The van der Waals surface area contributed by atoms with Gasteiger partial charge in [-0.15, -0.1) is 0 Å². The summed E-state index contributed by atoms with van der Waals surface area (Å²) >= 11 is 0.